The van der Waals surface area contributed by atoms with Crippen LogP contribution in [0.15, 0.2) is 0 Å². The monoisotopic (exact) mass is 240 g/mol. The van der Waals surface area contributed by atoms with Crippen molar-refractivity contribution in [3.63, 3.8) is 0 Å². The van der Waals surface area contributed by atoms with Gasteiger partial charge in [0.05, 0.1) is 0 Å². The third kappa shape index (κ3) is 3.19. The molecule has 0 aromatic carbocycles. The highest BCUT2D eigenvalue weighted by Gasteiger charge is 2.31. The fourth-order valence-electron chi connectivity index (χ4n) is 2.38. The summed E-state index contributed by atoms with van der Waals surface area (Å²) in [5, 5.41) is 6.33. The zero-order valence-electron chi connectivity index (χ0n) is 10.9. The number of ether oxygens (including phenoxy) is 1. The topological polar surface area (TPSA) is 50.4 Å². The highest BCUT2D eigenvalue weighted by Crippen LogP contribution is 2.28. The SMILES string of the molecule is CC(C(=O)NCC1(C)CCOCC1)C1CNC1. The lowest BCUT2D eigenvalue weighted by Gasteiger charge is -2.35. The van der Waals surface area contributed by atoms with Crippen molar-refractivity contribution in [3.05, 3.63) is 0 Å². The molecule has 0 spiro atoms. The molecule has 2 N–H and O–H groups in total. The lowest BCUT2D eigenvalue weighted by atomic mass is 9.82. The van der Waals surface area contributed by atoms with Gasteiger partial charge < -0.3 is 15.4 Å². The van der Waals surface area contributed by atoms with Crippen LogP contribution < -0.4 is 10.6 Å². The molecular formula is C13H24N2O2. The standard InChI is InChI=1S/C13H24N2O2/c1-10(11-7-14-8-11)12(16)15-9-13(2)3-5-17-6-4-13/h10-11,14H,3-9H2,1-2H3,(H,15,16). The van der Waals surface area contributed by atoms with Crippen LogP contribution in [0, 0.1) is 17.3 Å². The van der Waals surface area contributed by atoms with Crippen LogP contribution in [0.25, 0.3) is 0 Å². The molecule has 0 saturated carbocycles. The van der Waals surface area contributed by atoms with Gasteiger partial charge in [0.25, 0.3) is 0 Å². The lowest BCUT2D eigenvalue weighted by molar-refractivity contribution is -0.127. The Bertz CT molecular complexity index is 271. The van der Waals surface area contributed by atoms with Crippen molar-refractivity contribution in [2.24, 2.45) is 17.3 Å². The van der Waals surface area contributed by atoms with Crippen LogP contribution in [0.2, 0.25) is 0 Å². The van der Waals surface area contributed by atoms with Gasteiger partial charge in [0.15, 0.2) is 0 Å². The van der Waals surface area contributed by atoms with Crippen LogP contribution in [0.3, 0.4) is 0 Å². The van der Waals surface area contributed by atoms with Crippen LogP contribution in [-0.2, 0) is 9.53 Å². The van der Waals surface area contributed by atoms with E-state index in [0.29, 0.717) is 5.92 Å². The zero-order chi connectivity index (χ0) is 12.3. The highest BCUT2D eigenvalue weighted by molar-refractivity contribution is 5.78. The average molecular weight is 240 g/mol. The van der Waals surface area contributed by atoms with Gasteiger partial charge in [-0.2, -0.15) is 0 Å². The number of carbonyl (C=O) groups is 1. The first-order valence-electron chi connectivity index (χ1n) is 6.67. The van der Waals surface area contributed by atoms with Crippen LogP contribution in [0.4, 0.5) is 0 Å². The van der Waals surface area contributed by atoms with Gasteiger partial charge in [-0.3, -0.25) is 4.79 Å². The zero-order valence-corrected chi connectivity index (χ0v) is 10.9. The summed E-state index contributed by atoms with van der Waals surface area (Å²) in [7, 11) is 0. The van der Waals surface area contributed by atoms with Gasteiger partial charge in [-0.25, -0.2) is 0 Å². The van der Waals surface area contributed by atoms with Gasteiger partial charge in [0.2, 0.25) is 5.91 Å². The first-order valence-corrected chi connectivity index (χ1v) is 6.67. The molecule has 2 heterocycles. The second-order valence-corrected chi connectivity index (χ2v) is 5.85. The smallest absolute Gasteiger partial charge is 0.223 e. The van der Waals surface area contributed by atoms with E-state index >= 15 is 0 Å². The van der Waals surface area contributed by atoms with E-state index in [0.717, 1.165) is 45.7 Å². The van der Waals surface area contributed by atoms with Gasteiger partial charge in [-0.15, -0.1) is 0 Å². The van der Waals surface area contributed by atoms with E-state index in [-0.39, 0.29) is 17.2 Å². The minimum Gasteiger partial charge on any atom is -0.381 e. The van der Waals surface area contributed by atoms with E-state index in [9.17, 15) is 4.79 Å². The summed E-state index contributed by atoms with van der Waals surface area (Å²) in [5.74, 6) is 0.876. The maximum atomic E-state index is 12.0. The van der Waals surface area contributed by atoms with E-state index in [1.165, 1.54) is 0 Å². The fourth-order valence-corrected chi connectivity index (χ4v) is 2.38. The number of rotatable bonds is 4. The molecule has 98 valence electrons. The Labute approximate surface area is 103 Å². The summed E-state index contributed by atoms with van der Waals surface area (Å²) in [4.78, 5) is 12.0. The molecule has 1 atom stereocenters. The molecule has 0 radical (unpaired) electrons. The second kappa shape index (κ2) is 5.36. The Kier molecular flexibility index (Phi) is 4.05. The summed E-state index contributed by atoms with van der Waals surface area (Å²) in [6.07, 6.45) is 2.10. The van der Waals surface area contributed by atoms with Crippen molar-refractivity contribution in [2.75, 3.05) is 32.8 Å². The van der Waals surface area contributed by atoms with Gasteiger partial charge in [0, 0.05) is 25.7 Å². The number of amides is 1. The third-order valence-electron chi connectivity index (χ3n) is 4.32. The van der Waals surface area contributed by atoms with Gasteiger partial charge in [-0.1, -0.05) is 13.8 Å². The minimum absolute atomic E-state index is 0.139. The van der Waals surface area contributed by atoms with E-state index in [4.69, 9.17) is 4.74 Å². The summed E-state index contributed by atoms with van der Waals surface area (Å²) in [6.45, 7) is 8.69. The molecule has 2 aliphatic heterocycles. The lowest BCUT2D eigenvalue weighted by Crippen LogP contribution is -2.50. The first kappa shape index (κ1) is 12.8. The molecule has 17 heavy (non-hydrogen) atoms. The van der Waals surface area contributed by atoms with Crippen molar-refractivity contribution in [3.8, 4) is 0 Å². The quantitative estimate of drug-likeness (QED) is 0.763. The Hall–Kier alpha value is -0.610. The number of hydrogen-bond donors (Lipinski definition) is 2. The Morgan fingerprint density at radius 3 is 2.65 bits per heavy atom. The summed E-state index contributed by atoms with van der Waals surface area (Å²) in [5.41, 5.74) is 0.228. The minimum atomic E-state index is 0.139. The Morgan fingerprint density at radius 2 is 2.12 bits per heavy atom. The van der Waals surface area contributed by atoms with Crippen molar-refractivity contribution < 1.29 is 9.53 Å². The van der Waals surface area contributed by atoms with Crippen molar-refractivity contribution in [2.45, 2.75) is 26.7 Å². The molecule has 4 heteroatoms. The molecule has 0 bridgehead atoms. The maximum Gasteiger partial charge on any atom is 0.223 e. The van der Waals surface area contributed by atoms with Crippen molar-refractivity contribution in [1.29, 1.82) is 0 Å². The predicted octanol–water partition coefficient (Wildman–Crippen LogP) is 0.775. The molecule has 2 rings (SSSR count). The largest absolute Gasteiger partial charge is 0.381 e. The van der Waals surface area contributed by atoms with E-state index < -0.39 is 0 Å². The van der Waals surface area contributed by atoms with Crippen LogP contribution >= 0.6 is 0 Å². The molecular weight excluding hydrogens is 216 g/mol. The van der Waals surface area contributed by atoms with E-state index in [2.05, 4.69) is 17.6 Å². The Balaban J connectivity index is 1.74. The molecule has 2 saturated heterocycles. The van der Waals surface area contributed by atoms with E-state index in [1.807, 2.05) is 6.92 Å². The molecule has 0 aliphatic carbocycles. The molecule has 0 aromatic rings. The van der Waals surface area contributed by atoms with Crippen molar-refractivity contribution >= 4 is 5.91 Å². The van der Waals surface area contributed by atoms with Gasteiger partial charge in [0.1, 0.15) is 0 Å². The fraction of sp³-hybridized carbons (Fsp3) is 0.923. The predicted molar refractivity (Wildman–Crippen MR) is 66.7 cm³/mol. The Morgan fingerprint density at radius 1 is 1.47 bits per heavy atom. The number of nitrogens with one attached hydrogen (secondary N) is 2. The molecule has 2 aliphatic rings. The van der Waals surface area contributed by atoms with Crippen LogP contribution in [-0.4, -0.2) is 38.8 Å². The third-order valence-corrected chi connectivity index (χ3v) is 4.32. The first-order chi connectivity index (χ1) is 8.11. The summed E-state index contributed by atoms with van der Waals surface area (Å²) in [6, 6.07) is 0. The van der Waals surface area contributed by atoms with E-state index in [1.54, 1.807) is 0 Å². The van der Waals surface area contributed by atoms with Crippen LogP contribution in [0.1, 0.15) is 26.7 Å². The molecule has 0 aromatic heterocycles. The second-order valence-electron chi connectivity index (χ2n) is 5.85. The normalized spacial score (nSPS) is 26.0. The highest BCUT2D eigenvalue weighted by atomic mass is 16.5. The number of carbonyl (C=O) groups excluding carboxylic acids is 1. The maximum absolute atomic E-state index is 12.0. The average Bonchev–Trinajstić information content (AvgIpc) is 2.24. The van der Waals surface area contributed by atoms with Crippen LogP contribution in [0.5, 0.6) is 0 Å². The molecule has 1 amide bonds. The summed E-state index contributed by atoms with van der Waals surface area (Å²) >= 11 is 0. The van der Waals surface area contributed by atoms with Crippen molar-refractivity contribution in [1.82, 2.24) is 10.6 Å². The molecule has 2 fully saturated rings. The van der Waals surface area contributed by atoms with Gasteiger partial charge >= 0.3 is 0 Å². The number of hydrogen-bond acceptors (Lipinski definition) is 3. The molecule has 4 nitrogen and oxygen atoms in total. The summed E-state index contributed by atoms with van der Waals surface area (Å²) < 4.78 is 5.36. The molecule has 1 unspecified atom stereocenters. The van der Waals surface area contributed by atoms with Gasteiger partial charge in [-0.05, 0) is 37.3 Å².